The topological polar surface area (TPSA) is 65.1 Å². The van der Waals surface area contributed by atoms with Crippen LogP contribution in [-0.2, 0) is 18.2 Å². The van der Waals surface area contributed by atoms with Crippen molar-refractivity contribution in [3.63, 3.8) is 0 Å². The van der Waals surface area contributed by atoms with Crippen LogP contribution in [0.25, 0.3) is 0 Å². The Bertz CT molecular complexity index is 387. The van der Waals surface area contributed by atoms with Gasteiger partial charge in [-0.3, -0.25) is 16.0 Å². The first-order valence-electron chi connectivity index (χ1n) is 5.85. The Kier molecular flexibility index (Phi) is 4.19. The molecule has 0 aromatic carbocycles. The first-order valence-corrected chi connectivity index (χ1v) is 6.64. The summed E-state index contributed by atoms with van der Waals surface area (Å²) >= 11 is 3.58. The third-order valence-corrected chi connectivity index (χ3v) is 4.45. The van der Waals surface area contributed by atoms with Crippen molar-refractivity contribution in [1.29, 1.82) is 0 Å². The van der Waals surface area contributed by atoms with Gasteiger partial charge in [0, 0.05) is 32.0 Å². The third-order valence-electron chi connectivity index (χ3n) is 3.42. The number of hydrazine groups is 1. The van der Waals surface area contributed by atoms with Crippen LogP contribution in [0.1, 0.15) is 17.8 Å². The van der Waals surface area contributed by atoms with Gasteiger partial charge in [0.2, 0.25) is 0 Å². The lowest BCUT2D eigenvalue weighted by molar-refractivity contribution is 0.176. The summed E-state index contributed by atoms with van der Waals surface area (Å²) in [4.78, 5) is 0. The molecule has 0 amide bonds. The molecular formula is C11H19BrN4O. The molecule has 2 rings (SSSR count). The Balaban J connectivity index is 2.12. The maximum absolute atomic E-state index is 5.66. The van der Waals surface area contributed by atoms with Crippen LogP contribution >= 0.6 is 15.9 Å². The number of nitrogens with two attached hydrogens (primary N) is 1. The van der Waals surface area contributed by atoms with Crippen LogP contribution in [0, 0.1) is 12.8 Å². The molecule has 0 aliphatic carbocycles. The van der Waals surface area contributed by atoms with Gasteiger partial charge in [-0.2, -0.15) is 5.10 Å². The Morgan fingerprint density at radius 1 is 1.71 bits per heavy atom. The van der Waals surface area contributed by atoms with Crippen LogP contribution in [0.4, 0.5) is 0 Å². The molecule has 3 N–H and O–H groups in total. The van der Waals surface area contributed by atoms with E-state index in [-0.39, 0.29) is 6.04 Å². The number of hydrogen-bond donors (Lipinski definition) is 2. The smallest absolute Gasteiger partial charge is 0.0738 e. The number of hydrogen-bond acceptors (Lipinski definition) is 4. The molecule has 96 valence electrons. The van der Waals surface area contributed by atoms with E-state index in [9.17, 15) is 0 Å². The van der Waals surface area contributed by atoms with Crippen molar-refractivity contribution >= 4 is 15.9 Å². The van der Waals surface area contributed by atoms with Crippen molar-refractivity contribution in [2.24, 2.45) is 18.8 Å². The van der Waals surface area contributed by atoms with Crippen LogP contribution in [-0.4, -0.2) is 29.0 Å². The number of halogens is 1. The van der Waals surface area contributed by atoms with Gasteiger partial charge in [-0.05, 0) is 29.3 Å². The molecule has 2 unspecified atom stereocenters. The van der Waals surface area contributed by atoms with E-state index >= 15 is 0 Å². The standard InChI is InChI=1S/C11H19BrN4O/c1-7-11(12)10(16(2)15-7)5-9(14-13)8-3-4-17-6-8/h8-9,14H,3-6,13H2,1-2H3. The van der Waals surface area contributed by atoms with Gasteiger partial charge in [-0.15, -0.1) is 0 Å². The fraction of sp³-hybridized carbons (Fsp3) is 0.727. The van der Waals surface area contributed by atoms with Crippen molar-refractivity contribution in [2.45, 2.75) is 25.8 Å². The van der Waals surface area contributed by atoms with Gasteiger partial charge in [0.1, 0.15) is 0 Å². The van der Waals surface area contributed by atoms with Gasteiger partial charge in [0.25, 0.3) is 0 Å². The average molecular weight is 303 g/mol. The molecule has 0 spiro atoms. The number of aromatic nitrogens is 2. The normalized spacial score (nSPS) is 22.0. The van der Waals surface area contributed by atoms with Crippen molar-refractivity contribution < 1.29 is 4.74 Å². The van der Waals surface area contributed by atoms with E-state index < -0.39 is 0 Å². The second kappa shape index (κ2) is 5.48. The third kappa shape index (κ3) is 2.70. The highest BCUT2D eigenvalue weighted by molar-refractivity contribution is 9.10. The van der Waals surface area contributed by atoms with Crippen molar-refractivity contribution in [3.8, 4) is 0 Å². The summed E-state index contributed by atoms with van der Waals surface area (Å²) in [5.74, 6) is 6.14. The van der Waals surface area contributed by atoms with Crippen LogP contribution in [0.5, 0.6) is 0 Å². The SMILES string of the molecule is Cc1nn(C)c(CC(NN)C2CCOC2)c1Br. The van der Waals surface area contributed by atoms with Gasteiger partial charge < -0.3 is 4.74 Å². The van der Waals surface area contributed by atoms with E-state index in [0.29, 0.717) is 5.92 Å². The summed E-state index contributed by atoms with van der Waals surface area (Å²) in [6.45, 7) is 3.63. The van der Waals surface area contributed by atoms with Crippen LogP contribution in [0.15, 0.2) is 4.47 Å². The molecule has 1 fully saturated rings. The van der Waals surface area contributed by atoms with Crippen molar-refractivity contribution in [2.75, 3.05) is 13.2 Å². The second-order valence-corrected chi connectivity index (χ2v) is 5.36. The Morgan fingerprint density at radius 2 is 2.47 bits per heavy atom. The van der Waals surface area contributed by atoms with E-state index in [1.165, 1.54) is 5.69 Å². The second-order valence-electron chi connectivity index (χ2n) is 4.57. The molecule has 5 nitrogen and oxygen atoms in total. The number of rotatable bonds is 4. The number of ether oxygens (including phenoxy) is 1. The monoisotopic (exact) mass is 302 g/mol. The summed E-state index contributed by atoms with van der Waals surface area (Å²) < 4.78 is 8.41. The zero-order valence-corrected chi connectivity index (χ0v) is 11.8. The zero-order chi connectivity index (χ0) is 12.4. The van der Waals surface area contributed by atoms with E-state index in [4.69, 9.17) is 10.6 Å². The molecule has 2 atom stereocenters. The summed E-state index contributed by atoms with van der Waals surface area (Å²) in [6.07, 6.45) is 1.94. The molecular weight excluding hydrogens is 284 g/mol. The lowest BCUT2D eigenvalue weighted by Gasteiger charge is -2.21. The molecule has 1 saturated heterocycles. The Morgan fingerprint density at radius 3 is 2.94 bits per heavy atom. The van der Waals surface area contributed by atoms with Gasteiger partial charge in [0.05, 0.1) is 22.5 Å². The summed E-state index contributed by atoms with van der Waals surface area (Å²) in [5.41, 5.74) is 5.11. The predicted octanol–water partition coefficient (Wildman–Crippen LogP) is 0.902. The van der Waals surface area contributed by atoms with Crippen LogP contribution < -0.4 is 11.3 Å². The minimum Gasteiger partial charge on any atom is -0.381 e. The molecule has 17 heavy (non-hydrogen) atoms. The molecule has 0 bridgehead atoms. The number of nitrogens with one attached hydrogen (secondary N) is 1. The van der Waals surface area contributed by atoms with Gasteiger partial charge in [-0.1, -0.05) is 0 Å². The minimum absolute atomic E-state index is 0.239. The fourth-order valence-corrected chi connectivity index (χ4v) is 2.84. The first kappa shape index (κ1) is 13.0. The largest absolute Gasteiger partial charge is 0.381 e. The van der Waals surface area contributed by atoms with Crippen molar-refractivity contribution in [1.82, 2.24) is 15.2 Å². The maximum Gasteiger partial charge on any atom is 0.0738 e. The van der Waals surface area contributed by atoms with Gasteiger partial charge >= 0.3 is 0 Å². The number of aryl methyl sites for hydroxylation is 2. The van der Waals surface area contributed by atoms with Crippen LogP contribution in [0.2, 0.25) is 0 Å². The summed E-state index contributed by atoms with van der Waals surface area (Å²) in [6, 6.07) is 0.239. The minimum atomic E-state index is 0.239. The molecule has 1 aliphatic heterocycles. The van der Waals surface area contributed by atoms with E-state index in [2.05, 4.69) is 26.5 Å². The highest BCUT2D eigenvalue weighted by Gasteiger charge is 2.27. The molecule has 1 aromatic heterocycles. The van der Waals surface area contributed by atoms with Gasteiger partial charge in [-0.25, -0.2) is 0 Å². The zero-order valence-electron chi connectivity index (χ0n) is 10.2. The predicted molar refractivity (Wildman–Crippen MR) is 69.4 cm³/mol. The van der Waals surface area contributed by atoms with Gasteiger partial charge in [0.15, 0.2) is 0 Å². The molecule has 2 heterocycles. The quantitative estimate of drug-likeness (QED) is 0.641. The first-order chi connectivity index (χ1) is 8.13. The molecule has 0 radical (unpaired) electrons. The Hall–Kier alpha value is -0.430. The van der Waals surface area contributed by atoms with Crippen LogP contribution in [0.3, 0.4) is 0 Å². The molecule has 1 aromatic rings. The lowest BCUT2D eigenvalue weighted by atomic mass is 9.95. The molecule has 0 saturated carbocycles. The highest BCUT2D eigenvalue weighted by Crippen LogP contribution is 2.25. The van der Waals surface area contributed by atoms with E-state index in [0.717, 1.165) is 36.2 Å². The molecule has 6 heteroatoms. The molecule has 1 aliphatic rings. The fourth-order valence-electron chi connectivity index (χ4n) is 2.34. The van der Waals surface area contributed by atoms with E-state index in [1.54, 1.807) is 0 Å². The average Bonchev–Trinajstić information content (AvgIpc) is 2.89. The lowest BCUT2D eigenvalue weighted by Crippen LogP contribution is -2.43. The maximum atomic E-state index is 5.66. The Labute approximate surface area is 110 Å². The number of nitrogens with zero attached hydrogens (tertiary/aromatic N) is 2. The summed E-state index contributed by atoms with van der Waals surface area (Å²) in [7, 11) is 1.96. The van der Waals surface area contributed by atoms with Crippen molar-refractivity contribution in [3.05, 3.63) is 15.9 Å². The summed E-state index contributed by atoms with van der Waals surface area (Å²) in [5, 5.41) is 4.39. The van der Waals surface area contributed by atoms with E-state index in [1.807, 2.05) is 18.7 Å². The highest BCUT2D eigenvalue weighted by atomic mass is 79.9.